The van der Waals surface area contributed by atoms with Crippen molar-refractivity contribution in [3.05, 3.63) is 54.4 Å². The van der Waals surface area contributed by atoms with Crippen LogP contribution in [-0.4, -0.2) is 10.1 Å². The summed E-state index contributed by atoms with van der Waals surface area (Å²) in [7, 11) is 0. The number of aryl methyl sites for hydroxylation is 1. The van der Waals surface area contributed by atoms with Crippen LogP contribution in [0.4, 0.5) is 5.82 Å². The minimum absolute atomic E-state index is 0.393. The van der Waals surface area contributed by atoms with E-state index in [2.05, 4.69) is 10.1 Å². The van der Waals surface area contributed by atoms with Gasteiger partial charge in [0.1, 0.15) is 0 Å². The molecule has 3 aromatic rings. The van der Waals surface area contributed by atoms with Gasteiger partial charge in [-0.05, 0) is 30.2 Å². The van der Waals surface area contributed by atoms with Crippen LogP contribution in [0.2, 0.25) is 0 Å². The van der Waals surface area contributed by atoms with Gasteiger partial charge in [0.2, 0.25) is 0 Å². The lowest BCUT2D eigenvalue weighted by Gasteiger charge is -2.05. The highest BCUT2D eigenvalue weighted by Crippen LogP contribution is 2.37. The lowest BCUT2D eigenvalue weighted by Crippen LogP contribution is -1.89. The second-order valence-corrected chi connectivity index (χ2v) is 4.32. The molecule has 94 valence electrons. The average Bonchev–Trinajstić information content (AvgIpc) is 2.82. The fourth-order valence-electron chi connectivity index (χ4n) is 2.11. The topological polar surface area (TPSA) is 64.9 Å². The molecule has 2 aromatic heterocycles. The first-order valence-corrected chi connectivity index (χ1v) is 5.99. The first kappa shape index (κ1) is 11.5. The van der Waals surface area contributed by atoms with Gasteiger partial charge in [0.25, 0.3) is 0 Å². The first-order chi connectivity index (χ1) is 9.27. The minimum atomic E-state index is 0.393. The maximum Gasteiger partial charge on any atom is 0.177 e. The van der Waals surface area contributed by atoms with Crippen LogP contribution in [0.5, 0.6) is 0 Å². The molecule has 0 aliphatic heterocycles. The van der Waals surface area contributed by atoms with E-state index in [0.717, 1.165) is 22.3 Å². The Kier molecular flexibility index (Phi) is 2.76. The van der Waals surface area contributed by atoms with Gasteiger partial charge >= 0.3 is 0 Å². The van der Waals surface area contributed by atoms with Gasteiger partial charge in [-0.25, -0.2) is 0 Å². The third-order valence-electron chi connectivity index (χ3n) is 3.08. The molecule has 0 spiro atoms. The highest BCUT2D eigenvalue weighted by molar-refractivity contribution is 5.87. The molecule has 0 saturated carbocycles. The zero-order chi connectivity index (χ0) is 13.2. The molecular formula is C15H13N3O. The average molecular weight is 251 g/mol. The van der Waals surface area contributed by atoms with E-state index in [1.807, 2.05) is 43.3 Å². The number of anilines is 1. The Hall–Kier alpha value is -2.62. The quantitative estimate of drug-likeness (QED) is 0.759. The summed E-state index contributed by atoms with van der Waals surface area (Å²) < 4.78 is 5.42. The number of nitrogen functional groups attached to an aromatic ring is 1. The number of aromatic nitrogens is 2. The molecule has 0 bridgehead atoms. The van der Waals surface area contributed by atoms with E-state index in [1.54, 1.807) is 12.4 Å². The number of benzene rings is 1. The van der Waals surface area contributed by atoms with Crippen LogP contribution in [0.25, 0.3) is 22.5 Å². The van der Waals surface area contributed by atoms with Crippen molar-refractivity contribution in [2.75, 3.05) is 5.73 Å². The number of pyridine rings is 1. The molecule has 0 saturated heterocycles. The van der Waals surface area contributed by atoms with Crippen molar-refractivity contribution >= 4 is 5.82 Å². The Morgan fingerprint density at radius 3 is 2.53 bits per heavy atom. The lowest BCUT2D eigenvalue weighted by atomic mass is 9.99. The molecule has 19 heavy (non-hydrogen) atoms. The maximum absolute atomic E-state index is 5.94. The van der Waals surface area contributed by atoms with Gasteiger partial charge < -0.3 is 10.3 Å². The summed E-state index contributed by atoms with van der Waals surface area (Å²) >= 11 is 0. The largest absolute Gasteiger partial charge is 0.380 e. The summed E-state index contributed by atoms with van der Waals surface area (Å²) in [5.41, 5.74) is 9.82. The van der Waals surface area contributed by atoms with Gasteiger partial charge in [-0.3, -0.25) is 4.98 Å². The monoisotopic (exact) mass is 251 g/mol. The molecule has 0 atom stereocenters. The number of rotatable bonds is 2. The van der Waals surface area contributed by atoms with E-state index < -0.39 is 0 Å². The van der Waals surface area contributed by atoms with Crippen molar-refractivity contribution in [1.29, 1.82) is 0 Å². The van der Waals surface area contributed by atoms with Crippen LogP contribution in [0.1, 0.15) is 5.56 Å². The fourth-order valence-corrected chi connectivity index (χ4v) is 2.11. The highest BCUT2D eigenvalue weighted by atomic mass is 16.5. The fraction of sp³-hybridized carbons (Fsp3) is 0.0667. The van der Waals surface area contributed by atoms with E-state index in [9.17, 15) is 0 Å². The van der Waals surface area contributed by atoms with Crippen LogP contribution in [0, 0.1) is 6.92 Å². The van der Waals surface area contributed by atoms with Gasteiger partial charge in [0, 0.05) is 18.0 Å². The zero-order valence-corrected chi connectivity index (χ0v) is 10.5. The predicted octanol–water partition coefficient (Wildman–Crippen LogP) is 3.29. The van der Waals surface area contributed by atoms with Gasteiger partial charge in [-0.2, -0.15) is 0 Å². The molecule has 0 radical (unpaired) electrons. The Morgan fingerprint density at radius 1 is 1.05 bits per heavy atom. The van der Waals surface area contributed by atoms with Gasteiger partial charge in [-0.1, -0.05) is 29.4 Å². The van der Waals surface area contributed by atoms with Crippen molar-refractivity contribution in [2.24, 2.45) is 0 Å². The highest BCUT2D eigenvalue weighted by Gasteiger charge is 2.18. The second kappa shape index (κ2) is 4.57. The summed E-state index contributed by atoms with van der Waals surface area (Å²) in [4.78, 5) is 4.01. The molecule has 0 amide bonds. The Balaban J connectivity index is 2.23. The molecule has 0 aliphatic rings. The lowest BCUT2D eigenvalue weighted by molar-refractivity contribution is 0.436. The van der Waals surface area contributed by atoms with Crippen LogP contribution in [0.3, 0.4) is 0 Å². The van der Waals surface area contributed by atoms with E-state index in [1.165, 1.54) is 0 Å². The van der Waals surface area contributed by atoms with Crippen LogP contribution >= 0.6 is 0 Å². The molecule has 0 unspecified atom stereocenters. The summed E-state index contributed by atoms with van der Waals surface area (Å²) in [6.45, 7) is 2.03. The number of nitrogens with zero attached hydrogens (tertiary/aromatic N) is 2. The van der Waals surface area contributed by atoms with Crippen LogP contribution in [0.15, 0.2) is 53.3 Å². The normalized spacial score (nSPS) is 10.6. The third-order valence-corrected chi connectivity index (χ3v) is 3.08. The van der Waals surface area contributed by atoms with Crippen molar-refractivity contribution in [1.82, 2.24) is 10.1 Å². The number of nitrogens with two attached hydrogens (primary N) is 1. The van der Waals surface area contributed by atoms with Gasteiger partial charge in [-0.15, -0.1) is 0 Å². The number of hydrogen-bond acceptors (Lipinski definition) is 4. The molecular weight excluding hydrogens is 238 g/mol. The Labute approximate surface area is 110 Å². The van der Waals surface area contributed by atoms with E-state index in [4.69, 9.17) is 10.3 Å². The smallest absolute Gasteiger partial charge is 0.177 e. The maximum atomic E-state index is 5.94. The van der Waals surface area contributed by atoms with Crippen molar-refractivity contribution in [3.8, 4) is 22.5 Å². The summed E-state index contributed by atoms with van der Waals surface area (Å²) in [5.74, 6) is 1.09. The van der Waals surface area contributed by atoms with Crippen LogP contribution in [-0.2, 0) is 0 Å². The van der Waals surface area contributed by atoms with Crippen molar-refractivity contribution in [2.45, 2.75) is 6.92 Å². The molecule has 3 rings (SSSR count). The van der Waals surface area contributed by atoms with Gasteiger partial charge in [0.05, 0.1) is 5.56 Å². The van der Waals surface area contributed by atoms with Crippen LogP contribution < -0.4 is 5.73 Å². The minimum Gasteiger partial charge on any atom is -0.380 e. The third kappa shape index (κ3) is 1.97. The Bertz CT molecular complexity index is 704. The SMILES string of the molecule is Cc1ccccc1-c1onc(N)c1-c1ccncc1. The second-order valence-electron chi connectivity index (χ2n) is 4.32. The van der Waals surface area contributed by atoms with Crippen molar-refractivity contribution < 1.29 is 4.52 Å². The van der Waals surface area contributed by atoms with E-state index in [0.29, 0.717) is 11.6 Å². The summed E-state index contributed by atoms with van der Waals surface area (Å²) in [5, 5.41) is 3.89. The molecule has 4 nitrogen and oxygen atoms in total. The molecule has 0 fully saturated rings. The molecule has 2 heterocycles. The van der Waals surface area contributed by atoms with E-state index in [-0.39, 0.29) is 0 Å². The van der Waals surface area contributed by atoms with Crippen molar-refractivity contribution in [3.63, 3.8) is 0 Å². The van der Waals surface area contributed by atoms with E-state index >= 15 is 0 Å². The molecule has 0 aliphatic carbocycles. The summed E-state index contributed by atoms with van der Waals surface area (Å²) in [6.07, 6.45) is 3.45. The first-order valence-electron chi connectivity index (χ1n) is 5.99. The zero-order valence-electron chi connectivity index (χ0n) is 10.5. The molecule has 4 heteroatoms. The summed E-state index contributed by atoms with van der Waals surface area (Å²) in [6, 6.07) is 11.8. The van der Waals surface area contributed by atoms with Gasteiger partial charge in [0.15, 0.2) is 11.6 Å². The predicted molar refractivity (Wildman–Crippen MR) is 74.3 cm³/mol. The Morgan fingerprint density at radius 2 is 1.79 bits per heavy atom. The molecule has 2 N–H and O–H groups in total. The molecule has 1 aromatic carbocycles. The standard InChI is InChI=1S/C15H13N3O/c1-10-4-2-3-5-12(10)14-13(15(16)18-19-14)11-6-8-17-9-7-11/h2-9H,1H3,(H2,16,18). The number of hydrogen-bond donors (Lipinski definition) is 1.